The molecule has 0 unspecified atom stereocenters. The second kappa shape index (κ2) is 13.4. The number of benzene rings is 6. The van der Waals surface area contributed by atoms with Crippen molar-refractivity contribution in [3.63, 3.8) is 0 Å². The summed E-state index contributed by atoms with van der Waals surface area (Å²) in [7, 11) is 0. The molecule has 3 heterocycles. The van der Waals surface area contributed by atoms with Gasteiger partial charge in [-0.05, 0) is 70.8 Å². The molecular weight excluding hydrogens is 649 g/mol. The lowest BCUT2D eigenvalue weighted by atomic mass is 9.93. The third-order valence-electron chi connectivity index (χ3n) is 9.56. The van der Waals surface area contributed by atoms with Gasteiger partial charge in [-0.15, -0.1) is 0 Å². The minimum absolute atomic E-state index is 0.764. The Morgan fingerprint density at radius 3 is 0.925 bits per heavy atom. The molecule has 0 spiro atoms. The number of hydrogen-bond donors (Lipinski definition) is 0. The lowest BCUT2D eigenvalue weighted by Gasteiger charge is -2.25. The molecule has 0 atom stereocenters. The number of hydrogen-bond acceptors (Lipinski definition) is 4. The molecule has 0 saturated carbocycles. The fraction of sp³-hybridized carbons (Fsp3) is 0.0612. The van der Waals surface area contributed by atoms with E-state index in [0.717, 1.165) is 89.9 Å². The van der Waals surface area contributed by atoms with Gasteiger partial charge in [0, 0.05) is 47.2 Å². The fourth-order valence-electron chi connectivity index (χ4n) is 6.99. The van der Waals surface area contributed by atoms with Gasteiger partial charge in [0.1, 0.15) is 11.5 Å². The van der Waals surface area contributed by atoms with Gasteiger partial charge in [-0.3, -0.25) is 0 Å². The summed E-state index contributed by atoms with van der Waals surface area (Å²) in [5.41, 5.74) is 14.1. The summed E-state index contributed by atoms with van der Waals surface area (Å²) >= 11 is 0. The molecule has 0 radical (unpaired) electrons. The van der Waals surface area contributed by atoms with Crippen LogP contribution < -0.4 is 9.47 Å². The van der Waals surface area contributed by atoms with Crippen LogP contribution in [0.4, 0.5) is 0 Å². The van der Waals surface area contributed by atoms with Crippen LogP contribution in [-0.4, -0.2) is 15.8 Å². The van der Waals surface area contributed by atoms with Gasteiger partial charge in [0.25, 0.3) is 0 Å². The van der Waals surface area contributed by atoms with Crippen molar-refractivity contribution in [1.82, 2.24) is 9.97 Å². The number of ether oxygens (including phenoxy) is 2. The van der Waals surface area contributed by atoms with E-state index in [-0.39, 0.29) is 0 Å². The maximum Gasteiger partial charge on any atom is 0.245 e. The lowest BCUT2D eigenvalue weighted by molar-refractivity contribution is -0.0778. The molecule has 8 aromatic rings. The summed E-state index contributed by atoms with van der Waals surface area (Å²) in [5.74, 6) is 0.651. The van der Waals surface area contributed by atoms with Gasteiger partial charge in [0.2, 0.25) is 5.79 Å². The van der Waals surface area contributed by atoms with Gasteiger partial charge in [-0.1, -0.05) is 133 Å². The Labute approximate surface area is 310 Å². The lowest BCUT2D eigenvalue weighted by Crippen LogP contribution is -2.34. The average Bonchev–Trinajstić information content (AvgIpc) is 3.33. The summed E-state index contributed by atoms with van der Waals surface area (Å²) < 4.78 is 13.1. The van der Waals surface area contributed by atoms with E-state index >= 15 is 0 Å². The van der Waals surface area contributed by atoms with Crippen LogP contribution in [0.5, 0.6) is 11.5 Å². The van der Waals surface area contributed by atoms with E-state index in [1.165, 1.54) is 0 Å². The van der Waals surface area contributed by atoms with Crippen LogP contribution in [0.25, 0.3) is 78.4 Å². The largest absolute Gasteiger partial charge is 0.452 e. The van der Waals surface area contributed by atoms with Crippen molar-refractivity contribution >= 4 is 0 Å². The van der Waals surface area contributed by atoms with E-state index in [9.17, 15) is 0 Å². The second-order valence-corrected chi connectivity index (χ2v) is 13.7. The number of fused-ring (bicyclic) bond motifs is 3. The van der Waals surface area contributed by atoms with E-state index < -0.39 is 5.79 Å². The van der Waals surface area contributed by atoms with Gasteiger partial charge in [0.05, 0.1) is 22.8 Å². The van der Waals surface area contributed by atoms with Crippen LogP contribution in [0.2, 0.25) is 0 Å². The third kappa shape index (κ3) is 6.59. The van der Waals surface area contributed by atoms with Gasteiger partial charge >= 0.3 is 0 Å². The summed E-state index contributed by atoms with van der Waals surface area (Å²) in [5, 5.41) is 0. The Hall–Kier alpha value is -6.78. The van der Waals surface area contributed by atoms with Crippen LogP contribution in [0, 0.1) is 0 Å². The predicted octanol–water partition coefficient (Wildman–Crippen LogP) is 12.7. The van der Waals surface area contributed by atoms with Gasteiger partial charge in [0.15, 0.2) is 0 Å². The fourth-order valence-corrected chi connectivity index (χ4v) is 6.99. The molecule has 1 aliphatic rings. The zero-order chi connectivity index (χ0) is 35.8. The van der Waals surface area contributed by atoms with Crippen molar-refractivity contribution in [1.29, 1.82) is 0 Å². The number of rotatable bonds is 6. The predicted molar refractivity (Wildman–Crippen MR) is 215 cm³/mol. The minimum atomic E-state index is -0.877. The van der Waals surface area contributed by atoms with Crippen molar-refractivity contribution in [3.05, 3.63) is 182 Å². The Balaban J connectivity index is 1.21. The first-order valence-corrected chi connectivity index (χ1v) is 17.9. The molecule has 2 aromatic heterocycles. The van der Waals surface area contributed by atoms with Gasteiger partial charge < -0.3 is 9.47 Å². The Bertz CT molecular complexity index is 2270. The third-order valence-corrected chi connectivity index (χ3v) is 9.56. The average molecular weight is 685 g/mol. The zero-order valence-electron chi connectivity index (χ0n) is 29.5. The molecular formula is C49H36N2O2. The first-order valence-electron chi connectivity index (χ1n) is 17.9. The highest BCUT2D eigenvalue weighted by atomic mass is 16.7. The highest BCUT2D eigenvalue weighted by Crippen LogP contribution is 2.46. The van der Waals surface area contributed by atoms with E-state index in [4.69, 9.17) is 19.4 Å². The second-order valence-electron chi connectivity index (χ2n) is 13.7. The van der Waals surface area contributed by atoms with Crippen LogP contribution in [0.15, 0.2) is 182 Å². The Morgan fingerprint density at radius 2 is 0.623 bits per heavy atom. The first-order chi connectivity index (χ1) is 26.0. The molecule has 0 amide bonds. The van der Waals surface area contributed by atoms with Crippen LogP contribution in [0.1, 0.15) is 13.8 Å². The van der Waals surface area contributed by atoms with Crippen molar-refractivity contribution < 1.29 is 9.47 Å². The van der Waals surface area contributed by atoms with Gasteiger partial charge in [-0.2, -0.15) is 0 Å². The van der Waals surface area contributed by atoms with E-state index in [2.05, 4.69) is 158 Å². The number of nitrogens with zero attached hydrogens (tertiary/aromatic N) is 2. The normalized spacial score (nSPS) is 12.8. The van der Waals surface area contributed by atoms with Crippen LogP contribution in [0.3, 0.4) is 0 Å². The van der Waals surface area contributed by atoms with Crippen LogP contribution >= 0.6 is 0 Å². The molecule has 53 heavy (non-hydrogen) atoms. The van der Waals surface area contributed by atoms with E-state index in [1.807, 2.05) is 38.1 Å². The highest BCUT2D eigenvalue weighted by Gasteiger charge is 2.30. The topological polar surface area (TPSA) is 44.2 Å². The molecule has 0 bridgehead atoms. The molecule has 0 N–H and O–H groups in total. The van der Waals surface area contributed by atoms with E-state index in [0.29, 0.717) is 0 Å². The molecule has 6 aromatic carbocycles. The monoisotopic (exact) mass is 684 g/mol. The summed E-state index contributed by atoms with van der Waals surface area (Å²) in [6.45, 7) is 3.91. The summed E-state index contributed by atoms with van der Waals surface area (Å²) in [6.07, 6.45) is 0. The quantitative estimate of drug-likeness (QED) is 0.175. The first kappa shape index (κ1) is 32.1. The maximum absolute atomic E-state index is 6.56. The number of pyridine rings is 2. The summed E-state index contributed by atoms with van der Waals surface area (Å²) in [6, 6.07) is 62.9. The number of aromatic nitrogens is 2. The Kier molecular flexibility index (Phi) is 8.13. The summed E-state index contributed by atoms with van der Waals surface area (Å²) in [4.78, 5) is 10.2. The standard InChI is InChI=1S/C49H36N2O2/c1-49(2)52-47-25-23-37(39-29-43(33-15-7-3-8-16-33)50-44(30-39)34-17-9-4-10-18-34)27-41(47)42-28-38(24-26-48(42)53-49)40-31-45(35-19-11-5-12-20-35)51-46(32-40)36-21-13-6-14-22-36/h3-32H,1-2H3. The van der Waals surface area contributed by atoms with Gasteiger partial charge in [-0.25, -0.2) is 9.97 Å². The zero-order valence-corrected chi connectivity index (χ0v) is 29.5. The Morgan fingerprint density at radius 1 is 0.321 bits per heavy atom. The molecule has 0 fully saturated rings. The highest BCUT2D eigenvalue weighted by molar-refractivity contribution is 5.87. The minimum Gasteiger partial charge on any atom is -0.452 e. The maximum atomic E-state index is 6.56. The molecule has 1 aliphatic heterocycles. The van der Waals surface area contributed by atoms with Crippen molar-refractivity contribution in [2.75, 3.05) is 0 Å². The molecule has 4 heteroatoms. The molecule has 0 aliphatic carbocycles. The van der Waals surface area contributed by atoms with Crippen molar-refractivity contribution in [3.8, 4) is 89.9 Å². The smallest absolute Gasteiger partial charge is 0.245 e. The molecule has 254 valence electrons. The SMILES string of the molecule is CC1(C)Oc2ccc(-c3cc(-c4ccccc4)nc(-c4ccccc4)c3)cc2-c2cc(-c3cc(-c4ccccc4)nc(-c4ccccc4)c3)ccc2O1. The van der Waals surface area contributed by atoms with E-state index in [1.54, 1.807) is 0 Å². The van der Waals surface area contributed by atoms with Crippen molar-refractivity contribution in [2.45, 2.75) is 19.6 Å². The molecule has 4 nitrogen and oxygen atoms in total. The van der Waals surface area contributed by atoms with Crippen LogP contribution in [-0.2, 0) is 0 Å². The molecule has 0 saturated heterocycles. The van der Waals surface area contributed by atoms with Crippen molar-refractivity contribution in [2.24, 2.45) is 0 Å². The molecule has 9 rings (SSSR count).